The van der Waals surface area contributed by atoms with Crippen molar-refractivity contribution in [1.29, 1.82) is 0 Å². The number of aliphatic hydroxyl groups excluding tert-OH is 1. The maximum atomic E-state index is 12.8. The number of methoxy groups -OCH3 is 1. The molecule has 7 nitrogen and oxygen atoms in total. The van der Waals surface area contributed by atoms with E-state index in [-0.39, 0.29) is 12.4 Å². The lowest BCUT2D eigenvalue weighted by molar-refractivity contribution is 0.101. The molecule has 1 aromatic heterocycles. The highest BCUT2D eigenvalue weighted by Crippen LogP contribution is 2.30. The van der Waals surface area contributed by atoms with Crippen LogP contribution < -0.4 is 19.5 Å². The average Bonchev–Trinajstić information content (AvgIpc) is 3.23. The monoisotopic (exact) mass is 475 g/mol. The van der Waals surface area contributed by atoms with Crippen LogP contribution in [0.15, 0.2) is 77.2 Å². The van der Waals surface area contributed by atoms with Gasteiger partial charge >= 0.3 is 0 Å². The summed E-state index contributed by atoms with van der Waals surface area (Å²) in [6.45, 7) is 3.33. The lowest BCUT2D eigenvalue weighted by Crippen LogP contribution is -2.33. The van der Waals surface area contributed by atoms with Crippen LogP contribution >= 0.6 is 0 Å². The maximum absolute atomic E-state index is 12.8. The summed E-state index contributed by atoms with van der Waals surface area (Å²) in [5.41, 5.74) is 1.94. The Morgan fingerprint density at radius 2 is 1.74 bits per heavy atom. The molecule has 0 saturated heterocycles. The minimum Gasteiger partial charge on any atom is -0.493 e. The number of carbonyl (C=O) groups excluding carboxylic acids is 1. The van der Waals surface area contributed by atoms with E-state index in [1.165, 1.54) is 0 Å². The summed E-state index contributed by atoms with van der Waals surface area (Å²) in [6.07, 6.45) is -0.703. The smallest absolute Gasteiger partial charge is 0.228 e. The Morgan fingerprint density at radius 3 is 2.51 bits per heavy atom. The highest BCUT2D eigenvalue weighted by molar-refractivity contribution is 6.10. The minimum atomic E-state index is -0.703. The fourth-order valence-electron chi connectivity index (χ4n) is 3.72. The normalized spacial score (nSPS) is 11.9. The lowest BCUT2D eigenvalue weighted by Gasteiger charge is -2.14. The molecule has 2 N–H and O–H groups in total. The number of para-hydroxylation sites is 2. The van der Waals surface area contributed by atoms with Crippen LogP contribution in [0.2, 0.25) is 0 Å². The quantitative estimate of drug-likeness (QED) is 0.232. The molecule has 0 aliphatic rings. The van der Waals surface area contributed by atoms with E-state index in [0.717, 1.165) is 10.9 Å². The van der Waals surface area contributed by atoms with E-state index < -0.39 is 6.10 Å². The molecule has 182 valence electrons. The second kappa shape index (κ2) is 11.6. The largest absolute Gasteiger partial charge is 0.493 e. The van der Waals surface area contributed by atoms with Crippen molar-refractivity contribution in [3.8, 4) is 17.2 Å². The molecule has 0 fully saturated rings. The van der Waals surface area contributed by atoms with Crippen LogP contribution in [0.5, 0.6) is 17.2 Å². The van der Waals surface area contributed by atoms with Crippen molar-refractivity contribution < 1.29 is 28.5 Å². The van der Waals surface area contributed by atoms with Crippen molar-refractivity contribution in [2.75, 3.05) is 33.4 Å². The van der Waals surface area contributed by atoms with Crippen molar-refractivity contribution in [2.24, 2.45) is 0 Å². The van der Waals surface area contributed by atoms with E-state index >= 15 is 0 Å². The van der Waals surface area contributed by atoms with Crippen molar-refractivity contribution in [2.45, 2.75) is 13.0 Å². The van der Waals surface area contributed by atoms with Crippen LogP contribution in [0.3, 0.4) is 0 Å². The Labute approximate surface area is 204 Å². The van der Waals surface area contributed by atoms with Crippen LogP contribution in [0.4, 0.5) is 0 Å². The fraction of sp³-hybridized carbons (Fsp3) is 0.250. The number of hydrogen-bond acceptors (Lipinski definition) is 7. The van der Waals surface area contributed by atoms with Gasteiger partial charge in [-0.15, -0.1) is 0 Å². The number of aryl methyl sites for hydroxylation is 1. The number of carbonyl (C=O) groups is 1. The molecule has 4 rings (SSSR count). The van der Waals surface area contributed by atoms with E-state index in [2.05, 4.69) is 5.32 Å². The van der Waals surface area contributed by atoms with E-state index in [1.807, 2.05) is 61.5 Å². The molecular formula is C28H29NO6. The first-order valence-electron chi connectivity index (χ1n) is 11.5. The van der Waals surface area contributed by atoms with E-state index in [0.29, 0.717) is 53.9 Å². The first-order valence-corrected chi connectivity index (χ1v) is 11.5. The highest BCUT2D eigenvalue weighted by atomic mass is 16.5. The Hall–Kier alpha value is -3.81. The number of furan rings is 1. The number of fused-ring (bicyclic) bond motifs is 1. The Kier molecular flexibility index (Phi) is 8.03. The molecule has 0 aliphatic carbocycles. The van der Waals surface area contributed by atoms with Crippen molar-refractivity contribution in [3.05, 3.63) is 89.7 Å². The van der Waals surface area contributed by atoms with Crippen LogP contribution in [0.25, 0.3) is 11.0 Å². The Balaban J connectivity index is 1.26. The fourth-order valence-corrected chi connectivity index (χ4v) is 3.72. The summed E-state index contributed by atoms with van der Waals surface area (Å²) in [5.74, 6) is 2.09. The van der Waals surface area contributed by atoms with Gasteiger partial charge in [0.15, 0.2) is 17.3 Å². The third-order valence-corrected chi connectivity index (χ3v) is 5.58. The number of hydrogen-bond donors (Lipinski definition) is 2. The maximum Gasteiger partial charge on any atom is 0.228 e. The third kappa shape index (κ3) is 6.01. The number of benzene rings is 3. The van der Waals surface area contributed by atoms with Gasteiger partial charge in [-0.3, -0.25) is 4.79 Å². The van der Waals surface area contributed by atoms with Gasteiger partial charge in [0.1, 0.15) is 30.7 Å². The molecule has 3 aromatic carbocycles. The molecular weight excluding hydrogens is 446 g/mol. The molecule has 4 aromatic rings. The van der Waals surface area contributed by atoms with Gasteiger partial charge in [-0.2, -0.15) is 0 Å². The molecule has 0 aliphatic heterocycles. The summed E-state index contributed by atoms with van der Waals surface area (Å²) in [4.78, 5) is 12.8. The number of ether oxygens (including phenoxy) is 3. The lowest BCUT2D eigenvalue weighted by atomic mass is 10.0. The number of nitrogens with one attached hydrogen (secondary N) is 1. The van der Waals surface area contributed by atoms with Crippen LogP contribution in [-0.4, -0.2) is 50.4 Å². The summed E-state index contributed by atoms with van der Waals surface area (Å²) in [6, 6.07) is 21.9. The van der Waals surface area contributed by atoms with Crippen LogP contribution in [0, 0.1) is 6.92 Å². The molecule has 7 heteroatoms. The topological polar surface area (TPSA) is 90.2 Å². The first kappa shape index (κ1) is 24.3. The summed E-state index contributed by atoms with van der Waals surface area (Å²) < 4.78 is 22.6. The zero-order valence-corrected chi connectivity index (χ0v) is 19.8. The first-order chi connectivity index (χ1) is 17.1. The van der Waals surface area contributed by atoms with E-state index in [4.69, 9.17) is 18.6 Å². The summed E-state index contributed by atoms with van der Waals surface area (Å²) in [7, 11) is 1.60. The van der Waals surface area contributed by atoms with Gasteiger partial charge in [0.05, 0.1) is 7.11 Å². The SMILES string of the molecule is COc1ccccc1OCCNCC(O)COc1ccc2c(C)c(C(=O)c3ccccc3)oc2c1. The number of aliphatic hydroxyl groups is 1. The second-order valence-electron chi connectivity index (χ2n) is 8.08. The zero-order valence-electron chi connectivity index (χ0n) is 19.8. The molecule has 0 spiro atoms. The van der Waals surface area contributed by atoms with Gasteiger partial charge in [-0.1, -0.05) is 42.5 Å². The summed E-state index contributed by atoms with van der Waals surface area (Å²) >= 11 is 0. The van der Waals surface area contributed by atoms with E-state index in [1.54, 1.807) is 25.3 Å². The summed E-state index contributed by atoms with van der Waals surface area (Å²) in [5, 5.41) is 14.3. The standard InChI is InChI=1S/C28H29NO6/c1-19-23-13-12-22(16-26(23)35-28(19)27(31)20-8-4-3-5-9-20)34-18-21(30)17-29-14-15-33-25-11-7-6-10-24(25)32-2/h3-13,16,21,29-30H,14-15,17-18H2,1-2H3. The van der Waals surface area contributed by atoms with E-state index in [9.17, 15) is 9.90 Å². The number of ketones is 1. The van der Waals surface area contributed by atoms with Gasteiger partial charge in [0.2, 0.25) is 5.78 Å². The molecule has 1 atom stereocenters. The zero-order chi connectivity index (χ0) is 24.6. The van der Waals surface area contributed by atoms with Gasteiger partial charge < -0.3 is 29.1 Å². The molecule has 0 saturated carbocycles. The molecule has 0 bridgehead atoms. The minimum absolute atomic E-state index is 0.112. The highest BCUT2D eigenvalue weighted by Gasteiger charge is 2.19. The van der Waals surface area contributed by atoms with Gasteiger partial charge in [0, 0.05) is 35.7 Å². The number of rotatable bonds is 12. The average molecular weight is 476 g/mol. The predicted octanol–water partition coefficient (Wildman–Crippen LogP) is 4.39. The van der Waals surface area contributed by atoms with Gasteiger partial charge in [-0.25, -0.2) is 0 Å². The second-order valence-corrected chi connectivity index (χ2v) is 8.08. The molecule has 35 heavy (non-hydrogen) atoms. The molecule has 1 heterocycles. The Morgan fingerprint density at radius 1 is 1.00 bits per heavy atom. The third-order valence-electron chi connectivity index (χ3n) is 5.58. The van der Waals surface area contributed by atoms with Gasteiger partial charge in [-0.05, 0) is 31.2 Å². The predicted molar refractivity (Wildman–Crippen MR) is 134 cm³/mol. The van der Waals surface area contributed by atoms with Crippen molar-refractivity contribution in [3.63, 3.8) is 0 Å². The van der Waals surface area contributed by atoms with Crippen molar-refractivity contribution >= 4 is 16.8 Å². The molecule has 0 amide bonds. The van der Waals surface area contributed by atoms with Gasteiger partial charge in [0.25, 0.3) is 0 Å². The molecule has 0 radical (unpaired) electrons. The molecule has 1 unspecified atom stereocenters. The van der Waals surface area contributed by atoms with Crippen LogP contribution in [0.1, 0.15) is 21.7 Å². The van der Waals surface area contributed by atoms with Crippen molar-refractivity contribution in [1.82, 2.24) is 5.32 Å². The van der Waals surface area contributed by atoms with Crippen LogP contribution in [-0.2, 0) is 0 Å². The Bertz CT molecular complexity index is 1270.